The number of nitrogens with zero attached hydrogens (tertiary/aromatic N) is 2. The predicted molar refractivity (Wildman–Crippen MR) is 110 cm³/mol. The van der Waals surface area contributed by atoms with Crippen molar-refractivity contribution in [3.63, 3.8) is 0 Å². The maximum absolute atomic E-state index is 13.1. The van der Waals surface area contributed by atoms with Crippen LogP contribution < -0.4 is 5.32 Å². The molecule has 2 saturated carbocycles. The number of hydrogen-bond acceptors (Lipinski definition) is 4. The number of aliphatic hydroxyl groups is 1. The molecule has 29 heavy (non-hydrogen) atoms. The smallest absolute Gasteiger partial charge is 0.228 e. The van der Waals surface area contributed by atoms with Crippen molar-refractivity contribution in [2.75, 3.05) is 13.1 Å². The molecule has 2 heterocycles. The van der Waals surface area contributed by atoms with Crippen molar-refractivity contribution >= 4 is 5.91 Å². The molecule has 1 aliphatic heterocycles. The zero-order chi connectivity index (χ0) is 19.8. The van der Waals surface area contributed by atoms with E-state index in [4.69, 9.17) is 0 Å². The third-order valence-corrected chi connectivity index (χ3v) is 6.81. The third-order valence-electron chi connectivity index (χ3n) is 6.81. The molecule has 0 bridgehead atoms. The van der Waals surface area contributed by atoms with Crippen LogP contribution in [0.25, 0.3) is 0 Å². The number of hydrogen-bond donors (Lipinski definition) is 3. The molecular weight excluding hydrogens is 364 g/mol. The number of rotatable bonds is 6. The van der Waals surface area contributed by atoms with Crippen LogP contribution in [0, 0.1) is 5.92 Å². The number of carbonyl (C=O) groups excluding carboxylic acids is 1. The highest BCUT2D eigenvalue weighted by molar-refractivity contribution is 5.80. The number of H-pyrrole nitrogens is 1. The Morgan fingerprint density at radius 1 is 1.21 bits per heavy atom. The quantitative estimate of drug-likeness (QED) is 0.703. The zero-order valence-electron chi connectivity index (χ0n) is 16.8. The van der Waals surface area contributed by atoms with E-state index in [1.54, 1.807) is 0 Å². The van der Waals surface area contributed by atoms with E-state index in [2.05, 4.69) is 27.4 Å². The van der Waals surface area contributed by atoms with Crippen LogP contribution in [0.15, 0.2) is 36.5 Å². The Balaban J connectivity index is 1.36. The first-order valence-electron chi connectivity index (χ1n) is 11.0. The molecule has 3 aliphatic rings. The number of imidazole rings is 1. The van der Waals surface area contributed by atoms with Gasteiger partial charge in [0.1, 0.15) is 5.82 Å². The van der Waals surface area contributed by atoms with Crippen molar-refractivity contribution in [2.24, 2.45) is 5.92 Å². The lowest BCUT2D eigenvalue weighted by molar-refractivity contribution is -0.137. The van der Waals surface area contributed by atoms with Crippen LogP contribution in [0.1, 0.15) is 61.0 Å². The van der Waals surface area contributed by atoms with Crippen LogP contribution in [0.2, 0.25) is 0 Å². The van der Waals surface area contributed by atoms with Gasteiger partial charge >= 0.3 is 0 Å². The van der Waals surface area contributed by atoms with Gasteiger partial charge in [-0.05, 0) is 37.7 Å². The lowest BCUT2D eigenvalue weighted by Gasteiger charge is -2.24. The molecule has 154 valence electrons. The van der Waals surface area contributed by atoms with Crippen molar-refractivity contribution in [1.82, 2.24) is 20.2 Å². The van der Waals surface area contributed by atoms with Gasteiger partial charge in [-0.15, -0.1) is 0 Å². The van der Waals surface area contributed by atoms with Gasteiger partial charge in [-0.2, -0.15) is 0 Å². The number of aromatic amines is 1. The van der Waals surface area contributed by atoms with E-state index in [-0.39, 0.29) is 23.8 Å². The second-order valence-corrected chi connectivity index (χ2v) is 8.86. The van der Waals surface area contributed by atoms with Crippen LogP contribution in [-0.4, -0.2) is 51.1 Å². The molecule has 6 heteroatoms. The molecule has 1 aromatic carbocycles. The average molecular weight is 395 g/mol. The van der Waals surface area contributed by atoms with Gasteiger partial charge in [0.05, 0.1) is 12.0 Å². The minimum absolute atomic E-state index is 0.0364. The highest BCUT2D eigenvalue weighted by Crippen LogP contribution is 2.42. The Morgan fingerprint density at radius 3 is 2.69 bits per heavy atom. The predicted octanol–water partition coefficient (Wildman–Crippen LogP) is 2.53. The fourth-order valence-electron chi connectivity index (χ4n) is 5.01. The lowest BCUT2D eigenvalue weighted by atomic mass is 9.95. The molecule has 3 fully saturated rings. The van der Waals surface area contributed by atoms with Crippen LogP contribution in [0.4, 0.5) is 0 Å². The minimum atomic E-state index is -0.691. The number of aliphatic hydroxyl groups excluding tert-OH is 1. The number of likely N-dealkylation sites (tertiary alicyclic amines) is 1. The molecular formula is C23H30N4O2. The molecule has 2 aliphatic carbocycles. The van der Waals surface area contributed by atoms with Crippen molar-refractivity contribution in [1.29, 1.82) is 0 Å². The highest BCUT2D eigenvalue weighted by atomic mass is 16.3. The van der Waals surface area contributed by atoms with Gasteiger partial charge in [-0.1, -0.05) is 30.3 Å². The van der Waals surface area contributed by atoms with Crippen molar-refractivity contribution in [2.45, 2.75) is 62.6 Å². The third kappa shape index (κ3) is 3.83. The van der Waals surface area contributed by atoms with Gasteiger partial charge in [0.15, 0.2) is 0 Å². The zero-order valence-corrected chi connectivity index (χ0v) is 16.8. The average Bonchev–Trinajstić information content (AvgIpc) is 3.14. The summed E-state index contributed by atoms with van der Waals surface area (Å²) < 4.78 is 0. The monoisotopic (exact) mass is 394 g/mol. The van der Waals surface area contributed by atoms with Crippen LogP contribution in [0.5, 0.6) is 0 Å². The van der Waals surface area contributed by atoms with Crippen LogP contribution >= 0.6 is 0 Å². The SMILES string of the molecule is O=C([C@H]1C[C@@H](NCc2ccccc2)[C@H](c2cnc(C3CC3)[nH]2)[C@@H]1O)N1CCCC1. The highest BCUT2D eigenvalue weighted by Gasteiger charge is 2.48. The second-order valence-electron chi connectivity index (χ2n) is 8.86. The van der Waals surface area contributed by atoms with E-state index in [9.17, 15) is 9.90 Å². The lowest BCUT2D eigenvalue weighted by Crippen LogP contribution is -2.38. The molecule has 0 unspecified atom stereocenters. The van der Waals surface area contributed by atoms with E-state index in [0.29, 0.717) is 12.3 Å². The molecule has 1 amide bonds. The van der Waals surface area contributed by atoms with Crippen LogP contribution in [-0.2, 0) is 11.3 Å². The number of benzene rings is 1. The van der Waals surface area contributed by atoms with E-state index < -0.39 is 6.10 Å². The van der Waals surface area contributed by atoms with Crippen molar-refractivity contribution in [3.8, 4) is 0 Å². The van der Waals surface area contributed by atoms with E-state index in [0.717, 1.165) is 44.0 Å². The number of aromatic nitrogens is 2. The summed E-state index contributed by atoms with van der Waals surface area (Å²) in [5, 5.41) is 14.9. The van der Waals surface area contributed by atoms with Gasteiger partial charge in [-0.3, -0.25) is 4.79 Å². The summed E-state index contributed by atoms with van der Waals surface area (Å²) in [6, 6.07) is 10.3. The van der Waals surface area contributed by atoms with E-state index >= 15 is 0 Å². The number of carbonyl (C=O) groups is 1. The molecule has 4 atom stereocenters. The van der Waals surface area contributed by atoms with Gasteiger partial charge in [-0.25, -0.2) is 4.98 Å². The van der Waals surface area contributed by atoms with Crippen LogP contribution in [0.3, 0.4) is 0 Å². The van der Waals surface area contributed by atoms with Gasteiger partial charge < -0.3 is 20.3 Å². The Kier molecular flexibility index (Phi) is 5.14. The van der Waals surface area contributed by atoms with E-state index in [1.165, 1.54) is 18.4 Å². The van der Waals surface area contributed by atoms with Crippen molar-refractivity contribution in [3.05, 3.63) is 53.6 Å². The fraction of sp³-hybridized carbons (Fsp3) is 0.565. The summed E-state index contributed by atoms with van der Waals surface area (Å²) in [6.07, 6.45) is 6.35. The maximum Gasteiger partial charge on any atom is 0.228 e. The topological polar surface area (TPSA) is 81.2 Å². The minimum Gasteiger partial charge on any atom is -0.392 e. The Labute approximate surface area is 171 Å². The molecule has 5 rings (SSSR count). The Hall–Kier alpha value is -2.18. The largest absolute Gasteiger partial charge is 0.392 e. The second kappa shape index (κ2) is 7.92. The molecule has 0 radical (unpaired) electrons. The normalized spacial score (nSPS) is 29.5. The van der Waals surface area contributed by atoms with Gasteiger partial charge in [0.2, 0.25) is 5.91 Å². The standard InChI is InChI=1S/C23H30N4O2/c28-21-17(23(29)27-10-4-5-11-27)12-18(24-13-15-6-2-1-3-7-15)20(21)19-14-25-22(26-19)16-8-9-16/h1-3,6-7,14,16-18,20-21,24,28H,4-5,8-13H2,(H,25,26)/t17-,18+,20+,21+/m0/s1. The summed E-state index contributed by atoms with van der Waals surface area (Å²) in [6.45, 7) is 2.37. The Bertz CT molecular complexity index is 842. The summed E-state index contributed by atoms with van der Waals surface area (Å²) in [5.74, 6) is 1.20. The molecule has 0 spiro atoms. The van der Waals surface area contributed by atoms with Gasteiger partial charge in [0, 0.05) is 49.4 Å². The molecule has 6 nitrogen and oxygen atoms in total. The summed E-state index contributed by atoms with van der Waals surface area (Å²) in [7, 11) is 0. The molecule has 1 saturated heterocycles. The first-order valence-corrected chi connectivity index (χ1v) is 11.0. The molecule has 1 aromatic heterocycles. The number of nitrogens with one attached hydrogen (secondary N) is 2. The fourth-order valence-corrected chi connectivity index (χ4v) is 5.01. The molecule has 2 aromatic rings. The first-order chi connectivity index (χ1) is 14.2. The van der Waals surface area contributed by atoms with Crippen molar-refractivity contribution < 1.29 is 9.90 Å². The van der Waals surface area contributed by atoms with Gasteiger partial charge in [0.25, 0.3) is 0 Å². The van der Waals surface area contributed by atoms with E-state index in [1.807, 2.05) is 29.3 Å². The summed E-state index contributed by atoms with van der Waals surface area (Å²) in [5.41, 5.74) is 2.17. The maximum atomic E-state index is 13.1. The number of amides is 1. The summed E-state index contributed by atoms with van der Waals surface area (Å²) in [4.78, 5) is 23.1. The molecule has 3 N–H and O–H groups in total. The first kappa shape index (κ1) is 18.8. The Morgan fingerprint density at radius 2 is 1.97 bits per heavy atom. The summed E-state index contributed by atoms with van der Waals surface area (Å²) >= 11 is 0.